The van der Waals surface area contributed by atoms with Crippen molar-refractivity contribution in [1.82, 2.24) is 25.3 Å². The number of nitrogens with one attached hydrogen (secondary N) is 2. The van der Waals surface area contributed by atoms with Crippen LogP contribution in [0.1, 0.15) is 45.1 Å². The predicted molar refractivity (Wildman–Crippen MR) is 102 cm³/mol. The summed E-state index contributed by atoms with van der Waals surface area (Å²) in [6, 6.07) is 0. The van der Waals surface area contributed by atoms with Gasteiger partial charge in [0.2, 0.25) is 0 Å². The number of unbranched alkanes of at least 4 members (excludes halogenated alkanes) is 1. The van der Waals surface area contributed by atoms with Crippen molar-refractivity contribution in [3.63, 3.8) is 0 Å². The molecule has 0 saturated carbocycles. The Labute approximate surface area is 151 Å². The summed E-state index contributed by atoms with van der Waals surface area (Å²) in [5.74, 6) is 0.757. The second-order valence-corrected chi connectivity index (χ2v) is 7.05. The highest BCUT2D eigenvalue weighted by molar-refractivity contribution is 5.79. The van der Waals surface area contributed by atoms with Crippen LogP contribution in [0.5, 0.6) is 0 Å². The van der Waals surface area contributed by atoms with Crippen LogP contribution >= 0.6 is 0 Å². The maximum atomic E-state index is 10.6. The number of hydrogen-bond acceptors (Lipinski definition) is 4. The van der Waals surface area contributed by atoms with Gasteiger partial charge in [-0.15, -0.1) is 0 Å². The van der Waals surface area contributed by atoms with E-state index in [1.165, 1.54) is 38.9 Å². The molecule has 142 valence electrons. The first-order valence-corrected chi connectivity index (χ1v) is 9.47. The number of rotatable bonds is 9. The van der Waals surface area contributed by atoms with Gasteiger partial charge in [-0.25, -0.2) is 4.99 Å². The molecule has 1 aliphatic rings. The first-order chi connectivity index (χ1) is 12.0. The Hall–Kier alpha value is -1.60. The van der Waals surface area contributed by atoms with Crippen LogP contribution in [0.15, 0.2) is 17.4 Å². The number of aliphatic hydroxyl groups is 1. The summed E-state index contributed by atoms with van der Waals surface area (Å²) in [4.78, 5) is 7.09. The Bertz CT molecular complexity index is 533. The van der Waals surface area contributed by atoms with Crippen molar-refractivity contribution in [2.24, 2.45) is 12.0 Å². The lowest BCUT2D eigenvalue weighted by Gasteiger charge is -2.20. The summed E-state index contributed by atoms with van der Waals surface area (Å²) in [6.07, 6.45) is 8.56. The molecule has 0 amide bonds. The summed E-state index contributed by atoms with van der Waals surface area (Å²) < 4.78 is 1.69. The Balaban J connectivity index is 1.75. The molecule has 7 nitrogen and oxygen atoms in total. The normalized spacial score (nSPS) is 18.3. The van der Waals surface area contributed by atoms with Gasteiger partial charge in [0.15, 0.2) is 5.96 Å². The zero-order chi connectivity index (χ0) is 18.1. The molecular formula is C18H34N6O. The molecule has 0 bridgehead atoms. The lowest BCUT2D eigenvalue weighted by Crippen LogP contribution is -2.39. The van der Waals surface area contributed by atoms with E-state index in [4.69, 9.17) is 0 Å². The molecule has 7 heteroatoms. The number of aliphatic imine (C=N–C) groups is 1. The Kier molecular flexibility index (Phi) is 7.71. The molecule has 1 saturated heterocycles. The van der Waals surface area contributed by atoms with Gasteiger partial charge < -0.3 is 20.6 Å². The van der Waals surface area contributed by atoms with E-state index in [2.05, 4.69) is 25.6 Å². The minimum Gasteiger partial charge on any atom is -0.383 e. The summed E-state index contributed by atoms with van der Waals surface area (Å²) >= 11 is 0. The molecule has 3 N–H and O–H groups in total. The van der Waals surface area contributed by atoms with E-state index in [-0.39, 0.29) is 0 Å². The van der Waals surface area contributed by atoms with Crippen LogP contribution in [-0.4, -0.2) is 65.0 Å². The molecular weight excluding hydrogens is 316 g/mol. The molecule has 1 aromatic rings. The van der Waals surface area contributed by atoms with Crippen molar-refractivity contribution in [3.8, 4) is 0 Å². The van der Waals surface area contributed by atoms with E-state index in [9.17, 15) is 5.11 Å². The number of guanidine groups is 1. The monoisotopic (exact) mass is 350 g/mol. The van der Waals surface area contributed by atoms with Gasteiger partial charge in [0.25, 0.3) is 0 Å². The van der Waals surface area contributed by atoms with Crippen LogP contribution in [0.2, 0.25) is 0 Å². The standard InChI is InChI=1S/C18H34N6O/c1-4-19-17(20-9-5-6-10-24-11-7-8-12-24)21-15-18(2,25)16-13-22-23(3)14-16/h13-14,25H,4-12,15H2,1-3H3,(H2,19,20,21). The highest BCUT2D eigenvalue weighted by Gasteiger charge is 2.24. The van der Waals surface area contributed by atoms with Crippen molar-refractivity contribution in [2.45, 2.75) is 45.1 Å². The third-order valence-electron chi connectivity index (χ3n) is 4.61. The van der Waals surface area contributed by atoms with Crippen LogP contribution in [0.3, 0.4) is 0 Å². The van der Waals surface area contributed by atoms with Crippen molar-refractivity contribution in [3.05, 3.63) is 18.0 Å². The second-order valence-electron chi connectivity index (χ2n) is 7.05. The number of aryl methyl sites for hydroxylation is 1. The van der Waals surface area contributed by atoms with Gasteiger partial charge >= 0.3 is 0 Å². The molecule has 0 spiro atoms. The predicted octanol–water partition coefficient (Wildman–Crippen LogP) is 1.06. The Morgan fingerprint density at radius 1 is 1.32 bits per heavy atom. The maximum Gasteiger partial charge on any atom is 0.191 e. The van der Waals surface area contributed by atoms with Crippen molar-refractivity contribution < 1.29 is 5.11 Å². The molecule has 1 aliphatic heterocycles. The van der Waals surface area contributed by atoms with Crippen molar-refractivity contribution in [1.29, 1.82) is 0 Å². The van der Waals surface area contributed by atoms with Gasteiger partial charge in [0, 0.05) is 31.9 Å². The van der Waals surface area contributed by atoms with E-state index in [1.54, 1.807) is 17.8 Å². The van der Waals surface area contributed by atoms with E-state index >= 15 is 0 Å². The minimum atomic E-state index is -1.02. The Morgan fingerprint density at radius 3 is 2.72 bits per heavy atom. The van der Waals surface area contributed by atoms with Gasteiger partial charge in [-0.2, -0.15) is 5.10 Å². The third-order valence-corrected chi connectivity index (χ3v) is 4.61. The SMILES string of the molecule is CCNC(=NCC(C)(O)c1cnn(C)c1)NCCCCN1CCCC1. The van der Waals surface area contributed by atoms with Crippen LogP contribution in [-0.2, 0) is 12.6 Å². The largest absolute Gasteiger partial charge is 0.383 e. The molecule has 2 heterocycles. The van der Waals surface area contributed by atoms with Crippen molar-refractivity contribution in [2.75, 3.05) is 39.3 Å². The topological polar surface area (TPSA) is 77.7 Å². The number of nitrogens with zero attached hydrogens (tertiary/aromatic N) is 4. The fraction of sp³-hybridized carbons (Fsp3) is 0.778. The van der Waals surface area contributed by atoms with Crippen molar-refractivity contribution >= 4 is 5.96 Å². The van der Waals surface area contributed by atoms with Gasteiger partial charge in [0.1, 0.15) is 5.60 Å². The summed E-state index contributed by atoms with van der Waals surface area (Å²) in [6.45, 7) is 9.54. The fourth-order valence-electron chi connectivity index (χ4n) is 3.04. The lowest BCUT2D eigenvalue weighted by molar-refractivity contribution is 0.0672. The van der Waals surface area contributed by atoms with Gasteiger partial charge in [-0.3, -0.25) is 4.68 Å². The zero-order valence-electron chi connectivity index (χ0n) is 16.0. The smallest absolute Gasteiger partial charge is 0.191 e. The number of likely N-dealkylation sites (tertiary alicyclic amines) is 1. The first kappa shape index (κ1) is 19.7. The molecule has 0 aromatic carbocycles. The average Bonchev–Trinajstić information content (AvgIpc) is 3.24. The van der Waals surface area contributed by atoms with E-state index < -0.39 is 5.60 Å². The molecule has 1 unspecified atom stereocenters. The average molecular weight is 351 g/mol. The molecule has 1 atom stereocenters. The lowest BCUT2D eigenvalue weighted by atomic mass is 10.0. The molecule has 0 radical (unpaired) electrons. The zero-order valence-corrected chi connectivity index (χ0v) is 16.0. The van der Waals surface area contributed by atoms with E-state index in [1.807, 2.05) is 20.2 Å². The van der Waals surface area contributed by atoms with Crippen LogP contribution in [0.25, 0.3) is 0 Å². The summed E-state index contributed by atoms with van der Waals surface area (Å²) in [5.41, 5.74) is -0.243. The summed E-state index contributed by atoms with van der Waals surface area (Å²) in [5, 5.41) is 21.4. The maximum absolute atomic E-state index is 10.6. The van der Waals surface area contributed by atoms with Crippen LogP contribution in [0.4, 0.5) is 0 Å². The molecule has 1 aromatic heterocycles. The van der Waals surface area contributed by atoms with Crippen LogP contribution < -0.4 is 10.6 Å². The third kappa shape index (κ3) is 6.66. The van der Waals surface area contributed by atoms with E-state index in [0.717, 1.165) is 31.0 Å². The van der Waals surface area contributed by atoms with Gasteiger partial charge in [0.05, 0.1) is 12.7 Å². The second kappa shape index (κ2) is 9.77. The quantitative estimate of drug-likeness (QED) is 0.353. The van der Waals surface area contributed by atoms with Gasteiger partial charge in [-0.1, -0.05) is 0 Å². The summed E-state index contributed by atoms with van der Waals surface area (Å²) in [7, 11) is 1.84. The highest BCUT2D eigenvalue weighted by atomic mass is 16.3. The molecule has 1 fully saturated rings. The van der Waals surface area contributed by atoms with Gasteiger partial charge in [-0.05, 0) is 59.2 Å². The van der Waals surface area contributed by atoms with E-state index in [0.29, 0.717) is 6.54 Å². The highest BCUT2D eigenvalue weighted by Crippen LogP contribution is 2.19. The first-order valence-electron chi connectivity index (χ1n) is 9.47. The Morgan fingerprint density at radius 2 is 2.08 bits per heavy atom. The molecule has 25 heavy (non-hydrogen) atoms. The fourth-order valence-corrected chi connectivity index (χ4v) is 3.04. The van der Waals surface area contributed by atoms with Crippen LogP contribution in [0, 0.1) is 0 Å². The molecule has 0 aliphatic carbocycles. The molecule has 2 rings (SSSR count). The minimum absolute atomic E-state index is 0.293. The number of aromatic nitrogens is 2. The number of hydrogen-bond donors (Lipinski definition) is 3.